The van der Waals surface area contributed by atoms with Crippen molar-refractivity contribution in [3.05, 3.63) is 0 Å². The van der Waals surface area contributed by atoms with E-state index in [1.165, 1.54) is 0 Å². The minimum atomic E-state index is -0.0729. The second-order valence-corrected chi connectivity index (χ2v) is 3.41. The van der Waals surface area contributed by atoms with Crippen LogP contribution in [0.2, 0.25) is 0 Å². The fraction of sp³-hybridized carbons (Fsp3) is 0.875. The molecule has 0 aromatic rings. The van der Waals surface area contributed by atoms with Gasteiger partial charge in [0, 0.05) is 12.1 Å². The first-order valence-corrected chi connectivity index (χ1v) is 3.99. The van der Waals surface area contributed by atoms with Gasteiger partial charge in [0.25, 0.3) is 0 Å². The Kier molecular flexibility index (Phi) is 2.18. The van der Waals surface area contributed by atoms with E-state index in [2.05, 4.69) is 5.32 Å². The summed E-state index contributed by atoms with van der Waals surface area (Å²) in [5.74, 6) is -0.0290. The Balaban J connectivity index is 2.43. The van der Waals surface area contributed by atoms with Crippen LogP contribution in [0.5, 0.6) is 0 Å². The molecule has 1 aliphatic rings. The van der Waals surface area contributed by atoms with Crippen molar-refractivity contribution in [3.8, 4) is 0 Å². The first-order chi connectivity index (χ1) is 5.08. The van der Waals surface area contributed by atoms with Gasteiger partial charge >= 0.3 is 5.97 Å². The van der Waals surface area contributed by atoms with Crippen molar-refractivity contribution in [2.75, 3.05) is 13.2 Å². The molecule has 3 heteroatoms. The lowest BCUT2D eigenvalue weighted by Gasteiger charge is -2.43. The van der Waals surface area contributed by atoms with Gasteiger partial charge in [0.05, 0.1) is 12.5 Å². The maximum atomic E-state index is 11.2. The largest absolute Gasteiger partial charge is 0.466 e. The molecular formula is C8H15NO2. The Labute approximate surface area is 67.1 Å². The van der Waals surface area contributed by atoms with Gasteiger partial charge in [-0.2, -0.15) is 0 Å². The highest BCUT2D eigenvalue weighted by Crippen LogP contribution is 2.25. The van der Waals surface area contributed by atoms with Gasteiger partial charge < -0.3 is 10.1 Å². The molecule has 0 aliphatic carbocycles. The molecule has 0 spiro atoms. The molecule has 1 rings (SSSR count). The van der Waals surface area contributed by atoms with E-state index >= 15 is 0 Å². The minimum absolute atomic E-state index is 0.0439. The number of hydrogen-bond acceptors (Lipinski definition) is 3. The molecule has 0 aromatic carbocycles. The summed E-state index contributed by atoms with van der Waals surface area (Å²) in [5.41, 5.74) is -0.0632. The summed E-state index contributed by atoms with van der Waals surface area (Å²) in [7, 11) is 0. The number of hydrogen-bond donors (Lipinski definition) is 1. The average Bonchev–Trinajstić information content (AvgIpc) is 1.86. The van der Waals surface area contributed by atoms with Crippen LogP contribution in [0.15, 0.2) is 0 Å². The molecule has 1 unspecified atom stereocenters. The highest BCUT2D eigenvalue weighted by Gasteiger charge is 2.43. The summed E-state index contributed by atoms with van der Waals surface area (Å²) in [4.78, 5) is 11.2. The number of carbonyl (C=O) groups is 1. The van der Waals surface area contributed by atoms with E-state index in [9.17, 15) is 4.79 Å². The summed E-state index contributed by atoms with van der Waals surface area (Å²) in [6, 6.07) is 0. The van der Waals surface area contributed by atoms with Crippen LogP contribution < -0.4 is 5.32 Å². The predicted molar refractivity (Wildman–Crippen MR) is 42.2 cm³/mol. The Morgan fingerprint density at radius 2 is 2.36 bits per heavy atom. The zero-order valence-corrected chi connectivity index (χ0v) is 7.31. The molecule has 1 aliphatic heterocycles. The monoisotopic (exact) mass is 157 g/mol. The van der Waals surface area contributed by atoms with Crippen LogP contribution in [0, 0.1) is 5.92 Å². The van der Waals surface area contributed by atoms with Gasteiger partial charge in [-0.25, -0.2) is 0 Å². The zero-order valence-electron chi connectivity index (χ0n) is 7.31. The van der Waals surface area contributed by atoms with E-state index in [-0.39, 0.29) is 17.4 Å². The first-order valence-electron chi connectivity index (χ1n) is 3.99. The Morgan fingerprint density at radius 1 is 1.73 bits per heavy atom. The van der Waals surface area contributed by atoms with Gasteiger partial charge in [0.1, 0.15) is 0 Å². The Hall–Kier alpha value is -0.570. The number of carbonyl (C=O) groups excluding carboxylic acids is 1. The summed E-state index contributed by atoms with van der Waals surface area (Å²) < 4.78 is 4.90. The molecule has 64 valence electrons. The quantitative estimate of drug-likeness (QED) is 0.595. The third kappa shape index (κ3) is 1.53. The van der Waals surface area contributed by atoms with Gasteiger partial charge in [-0.15, -0.1) is 0 Å². The molecule has 0 radical (unpaired) electrons. The molecule has 0 amide bonds. The van der Waals surface area contributed by atoms with Crippen molar-refractivity contribution in [2.45, 2.75) is 26.3 Å². The number of esters is 1. The average molecular weight is 157 g/mol. The Bertz CT molecular complexity index is 165. The van der Waals surface area contributed by atoms with Crippen molar-refractivity contribution in [1.29, 1.82) is 0 Å². The third-order valence-electron chi connectivity index (χ3n) is 2.20. The van der Waals surface area contributed by atoms with E-state index in [0.29, 0.717) is 6.61 Å². The topological polar surface area (TPSA) is 38.3 Å². The summed E-state index contributed by atoms with van der Waals surface area (Å²) in [6.45, 7) is 7.09. The van der Waals surface area contributed by atoms with Crippen molar-refractivity contribution in [2.24, 2.45) is 5.92 Å². The molecule has 0 saturated carbocycles. The summed E-state index contributed by atoms with van der Waals surface area (Å²) in [5, 5.41) is 3.17. The van der Waals surface area contributed by atoms with Crippen molar-refractivity contribution >= 4 is 5.97 Å². The van der Waals surface area contributed by atoms with E-state index in [1.807, 2.05) is 20.8 Å². The highest BCUT2D eigenvalue weighted by atomic mass is 16.5. The molecule has 1 fully saturated rings. The van der Waals surface area contributed by atoms with Gasteiger partial charge in [-0.3, -0.25) is 4.79 Å². The second-order valence-electron chi connectivity index (χ2n) is 3.41. The van der Waals surface area contributed by atoms with Crippen LogP contribution in [0.3, 0.4) is 0 Å². The molecular weight excluding hydrogens is 142 g/mol. The standard InChI is InChI=1S/C8H15NO2/c1-4-11-7(10)6-5-9-8(6,2)3/h6,9H,4-5H2,1-3H3. The first kappa shape index (κ1) is 8.53. The molecule has 0 aromatic heterocycles. The smallest absolute Gasteiger partial charge is 0.312 e. The molecule has 11 heavy (non-hydrogen) atoms. The van der Waals surface area contributed by atoms with Gasteiger partial charge in [-0.05, 0) is 20.8 Å². The van der Waals surface area contributed by atoms with Crippen LogP contribution in [-0.2, 0) is 9.53 Å². The van der Waals surface area contributed by atoms with Gasteiger partial charge in [0.15, 0.2) is 0 Å². The van der Waals surface area contributed by atoms with E-state index in [1.54, 1.807) is 0 Å². The lowest BCUT2D eigenvalue weighted by molar-refractivity contribution is -0.154. The fourth-order valence-electron chi connectivity index (χ4n) is 1.23. The van der Waals surface area contributed by atoms with E-state index in [4.69, 9.17) is 4.74 Å². The van der Waals surface area contributed by atoms with E-state index in [0.717, 1.165) is 6.54 Å². The van der Waals surface area contributed by atoms with Crippen molar-refractivity contribution in [1.82, 2.24) is 5.32 Å². The fourth-order valence-corrected chi connectivity index (χ4v) is 1.23. The van der Waals surface area contributed by atoms with Crippen molar-refractivity contribution in [3.63, 3.8) is 0 Å². The van der Waals surface area contributed by atoms with Crippen LogP contribution in [0.1, 0.15) is 20.8 Å². The molecule has 1 heterocycles. The van der Waals surface area contributed by atoms with Gasteiger partial charge in [-0.1, -0.05) is 0 Å². The maximum absolute atomic E-state index is 11.2. The lowest BCUT2D eigenvalue weighted by Crippen LogP contribution is -2.64. The molecule has 1 saturated heterocycles. The highest BCUT2D eigenvalue weighted by molar-refractivity contribution is 5.75. The van der Waals surface area contributed by atoms with Gasteiger partial charge in [0.2, 0.25) is 0 Å². The zero-order chi connectivity index (χ0) is 8.48. The van der Waals surface area contributed by atoms with Crippen LogP contribution >= 0.6 is 0 Å². The molecule has 1 N–H and O–H groups in total. The number of ether oxygens (including phenoxy) is 1. The SMILES string of the molecule is CCOC(=O)C1CNC1(C)C. The summed E-state index contributed by atoms with van der Waals surface area (Å²) in [6.07, 6.45) is 0. The van der Waals surface area contributed by atoms with Crippen molar-refractivity contribution < 1.29 is 9.53 Å². The molecule has 1 atom stereocenters. The normalized spacial score (nSPS) is 27.4. The van der Waals surface area contributed by atoms with E-state index < -0.39 is 0 Å². The second kappa shape index (κ2) is 2.81. The summed E-state index contributed by atoms with van der Waals surface area (Å²) >= 11 is 0. The molecule has 0 bridgehead atoms. The Morgan fingerprint density at radius 3 is 2.64 bits per heavy atom. The minimum Gasteiger partial charge on any atom is -0.466 e. The third-order valence-corrected chi connectivity index (χ3v) is 2.20. The molecule has 3 nitrogen and oxygen atoms in total. The lowest BCUT2D eigenvalue weighted by atomic mass is 9.80. The maximum Gasteiger partial charge on any atom is 0.312 e. The predicted octanol–water partition coefficient (Wildman–Crippen LogP) is 0.547. The number of rotatable bonds is 2. The number of nitrogens with one attached hydrogen (secondary N) is 1. The van der Waals surface area contributed by atoms with Crippen LogP contribution in [0.4, 0.5) is 0 Å². The van der Waals surface area contributed by atoms with Crippen LogP contribution in [0.25, 0.3) is 0 Å². The van der Waals surface area contributed by atoms with Crippen LogP contribution in [-0.4, -0.2) is 24.7 Å².